The Bertz CT molecular complexity index is 1220. The summed E-state index contributed by atoms with van der Waals surface area (Å²) in [5.41, 5.74) is 4.49. The lowest BCUT2D eigenvalue weighted by molar-refractivity contribution is -0.151. The molecule has 3 aromatic rings. The van der Waals surface area contributed by atoms with Crippen molar-refractivity contribution in [2.24, 2.45) is 5.92 Å². The number of rotatable bonds is 8. The van der Waals surface area contributed by atoms with Crippen LogP contribution >= 0.6 is 0 Å². The summed E-state index contributed by atoms with van der Waals surface area (Å²) in [6.45, 7) is 5.81. The first-order valence-electron chi connectivity index (χ1n) is 12.9. The van der Waals surface area contributed by atoms with Crippen LogP contribution in [-0.4, -0.2) is 42.4 Å². The Morgan fingerprint density at radius 3 is 2.24 bits per heavy atom. The first kappa shape index (κ1) is 26.1. The van der Waals surface area contributed by atoms with E-state index in [0.717, 1.165) is 22.4 Å². The summed E-state index contributed by atoms with van der Waals surface area (Å²) >= 11 is 0. The van der Waals surface area contributed by atoms with Crippen LogP contribution < -0.4 is 4.90 Å². The molecule has 0 aliphatic carbocycles. The Morgan fingerprint density at radius 1 is 0.892 bits per heavy atom. The van der Waals surface area contributed by atoms with E-state index in [1.54, 1.807) is 11.8 Å². The van der Waals surface area contributed by atoms with Gasteiger partial charge in [-0.1, -0.05) is 60.2 Å². The number of piperidine rings is 1. The van der Waals surface area contributed by atoms with E-state index >= 15 is 0 Å². The predicted octanol–water partition coefficient (Wildman–Crippen LogP) is 5.19. The van der Waals surface area contributed by atoms with Crippen LogP contribution in [0.4, 0.5) is 5.69 Å². The summed E-state index contributed by atoms with van der Waals surface area (Å²) in [7, 11) is 0. The lowest BCUT2D eigenvalue weighted by Gasteiger charge is -2.31. The van der Waals surface area contributed by atoms with Gasteiger partial charge in [0.2, 0.25) is 5.91 Å². The fourth-order valence-corrected chi connectivity index (χ4v) is 4.71. The summed E-state index contributed by atoms with van der Waals surface area (Å²) in [6.07, 6.45) is 1.56. The molecule has 2 amide bonds. The normalized spacial score (nSPS) is 13.7. The minimum Gasteiger partial charge on any atom is -0.466 e. The quantitative estimate of drug-likeness (QED) is 0.401. The molecular formula is C31H34N2O4. The van der Waals surface area contributed by atoms with Gasteiger partial charge in [-0.25, -0.2) is 0 Å². The largest absolute Gasteiger partial charge is 0.466 e. The van der Waals surface area contributed by atoms with Gasteiger partial charge in [-0.15, -0.1) is 0 Å². The number of benzene rings is 3. The fraction of sp³-hybridized carbons (Fsp3) is 0.323. The van der Waals surface area contributed by atoms with Crippen molar-refractivity contribution in [1.82, 2.24) is 4.90 Å². The number of ether oxygens (including phenoxy) is 1. The van der Waals surface area contributed by atoms with E-state index in [4.69, 9.17) is 4.74 Å². The van der Waals surface area contributed by atoms with Crippen LogP contribution in [0.2, 0.25) is 0 Å². The Morgan fingerprint density at radius 2 is 1.59 bits per heavy atom. The maximum absolute atomic E-state index is 13.5. The van der Waals surface area contributed by atoms with Gasteiger partial charge in [0.05, 0.1) is 25.5 Å². The molecule has 0 atom stereocenters. The smallest absolute Gasteiger partial charge is 0.309 e. The van der Waals surface area contributed by atoms with Gasteiger partial charge in [0, 0.05) is 24.3 Å². The number of likely N-dealkylation sites (tertiary alicyclic amines) is 1. The highest BCUT2D eigenvalue weighted by Crippen LogP contribution is 2.23. The number of hydrogen-bond donors (Lipinski definition) is 0. The topological polar surface area (TPSA) is 66.9 Å². The van der Waals surface area contributed by atoms with Crippen LogP contribution in [-0.2, 0) is 27.3 Å². The fourth-order valence-electron chi connectivity index (χ4n) is 4.71. The summed E-state index contributed by atoms with van der Waals surface area (Å²) in [5, 5.41) is 0. The van der Waals surface area contributed by atoms with E-state index in [2.05, 4.69) is 6.07 Å². The van der Waals surface area contributed by atoms with Crippen molar-refractivity contribution in [3.8, 4) is 0 Å². The standard InChI is InChI=1S/C31H34N2O4/c1-3-37-31(36)27-16-18-32(19-17-27)29(34)21-24-12-14-28(15-13-24)33(22-25-9-7-8-23(2)20-25)30(35)26-10-5-4-6-11-26/h4-15,20,27H,3,16-19,21-22H2,1-2H3. The molecule has 6 nitrogen and oxygen atoms in total. The molecule has 0 bridgehead atoms. The first-order chi connectivity index (χ1) is 17.9. The monoisotopic (exact) mass is 498 g/mol. The molecule has 0 unspecified atom stereocenters. The van der Waals surface area contributed by atoms with E-state index in [9.17, 15) is 14.4 Å². The first-order valence-corrected chi connectivity index (χ1v) is 12.9. The van der Waals surface area contributed by atoms with Gasteiger partial charge in [-0.3, -0.25) is 14.4 Å². The van der Waals surface area contributed by atoms with Crippen molar-refractivity contribution in [1.29, 1.82) is 0 Å². The molecule has 0 spiro atoms. The average molecular weight is 499 g/mol. The van der Waals surface area contributed by atoms with Gasteiger partial charge in [-0.05, 0) is 62.1 Å². The van der Waals surface area contributed by atoms with Crippen molar-refractivity contribution in [2.45, 2.75) is 39.7 Å². The number of esters is 1. The van der Waals surface area contributed by atoms with Crippen LogP contribution in [0.1, 0.15) is 46.8 Å². The molecule has 3 aromatic carbocycles. The summed E-state index contributed by atoms with van der Waals surface area (Å²) in [6, 6.07) is 25.1. The van der Waals surface area contributed by atoms with Crippen molar-refractivity contribution >= 4 is 23.5 Å². The zero-order valence-electron chi connectivity index (χ0n) is 21.6. The van der Waals surface area contributed by atoms with Crippen molar-refractivity contribution in [2.75, 3.05) is 24.6 Å². The summed E-state index contributed by atoms with van der Waals surface area (Å²) in [4.78, 5) is 41.9. The van der Waals surface area contributed by atoms with E-state index in [1.165, 1.54) is 0 Å². The summed E-state index contributed by atoms with van der Waals surface area (Å²) in [5.74, 6) is -0.308. The van der Waals surface area contributed by atoms with Gasteiger partial charge >= 0.3 is 5.97 Å². The SMILES string of the molecule is CCOC(=O)C1CCN(C(=O)Cc2ccc(N(Cc3cccc(C)c3)C(=O)c3ccccc3)cc2)CC1. The van der Waals surface area contributed by atoms with Crippen molar-refractivity contribution < 1.29 is 19.1 Å². The lowest BCUT2D eigenvalue weighted by atomic mass is 9.96. The van der Waals surface area contributed by atoms with E-state index in [0.29, 0.717) is 44.6 Å². The zero-order valence-corrected chi connectivity index (χ0v) is 21.6. The number of carbonyl (C=O) groups excluding carboxylic acids is 3. The molecule has 0 saturated carbocycles. The highest BCUT2D eigenvalue weighted by Gasteiger charge is 2.28. The van der Waals surface area contributed by atoms with Gasteiger partial charge in [0.15, 0.2) is 0 Å². The highest BCUT2D eigenvalue weighted by molar-refractivity contribution is 6.06. The van der Waals surface area contributed by atoms with Crippen LogP contribution in [0.5, 0.6) is 0 Å². The molecule has 1 aliphatic heterocycles. The number of anilines is 1. The Hall–Kier alpha value is -3.93. The van der Waals surface area contributed by atoms with Gasteiger partial charge in [-0.2, -0.15) is 0 Å². The molecule has 1 saturated heterocycles. The molecule has 0 radical (unpaired) electrons. The average Bonchev–Trinajstić information content (AvgIpc) is 2.92. The molecule has 37 heavy (non-hydrogen) atoms. The maximum Gasteiger partial charge on any atom is 0.309 e. The molecule has 1 aliphatic rings. The molecule has 0 N–H and O–H groups in total. The van der Waals surface area contributed by atoms with E-state index in [-0.39, 0.29) is 30.1 Å². The number of aryl methyl sites for hydroxylation is 1. The van der Waals surface area contributed by atoms with E-state index < -0.39 is 0 Å². The molecule has 6 heteroatoms. The van der Waals surface area contributed by atoms with E-state index in [1.807, 2.05) is 84.6 Å². The van der Waals surface area contributed by atoms with Crippen LogP contribution in [0.15, 0.2) is 78.9 Å². The molecule has 0 aromatic heterocycles. The van der Waals surface area contributed by atoms with Crippen LogP contribution in [0.25, 0.3) is 0 Å². The number of nitrogens with zero attached hydrogens (tertiary/aromatic N) is 2. The van der Waals surface area contributed by atoms with Crippen LogP contribution in [0.3, 0.4) is 0 Å². The molecular weight excluding hydrogens is 464 g/mol. The Labute approximate surface area is 218 Å². The van der Waals surface area contributed by atoms with Gasteiger partial charge < -0.3 is 14.5 Å². The predicted molar refractivity (Wildman–Crippen MR) is 144 cm³/mol. The molecule has 4 rings (SSSR count). The lowest BCUT2D eigenvalue weighted by Crippen LogP contribution is -2.41. The Balaban J connectivity index is 1.44. The second-order valence-corrected chi connectivity index (χ2v) is 9.50. The number of amides is 2. The minimum atomic E-state index is -0.162. The highest BCUT2D eigenvalue weighted by atomic mass is 16.5. The van der Waals surface area contributed by atoms with Gasteiger partial charge in [0.25, 0.3) is 5.91 Å². The van der Waals surface area contributed by atoms with Crippen molar-refractivity contribution in [3.05, 3.63) is 101 Å². The number of carbonyl (C=O) groups is 3. The van der Waals surface area contributed by atoms with Gasteiger partial charge in [0.1, 0.15) is 0 Å². The second kappa shape index (κ2) is 12.3. The third-order valence-corrected chi connectivity index (χ3v) is 6.76. The second-order valence-electron chi connectivity index (χ2n) is 9.50. The zero-order chi connectivity index (χ0) is 26.2. The third kappa shape index (κ3) is 6.85. The van der Waals surface area contributed by atoms with Crippen molar-refractivity contribution in [3.63, 3.8) is 0 Å². The third-order valence-electron chi connectivity index (χ3n) is 6.76. The summed E-state index contributed by atoms with van der Waals surface area (Å²) < 4.78 is 5.12. The molecule has 192 valence electrons. The molecule has 1 fully saturated rings. The minimum absolute atomic E-state index is 0.0482. The van der Waals surface area contributed by atoms with Crippen LogP contribution in [0, 0.1) is 12.8 Å². The Kier molecular flexibility index (Phi) is 8.72. The number of hydrogen-bond acceptors (Lipinski definition) is 4. The molecule has 1 heterocycles. The maximum atomic E-state index is 13.5.